The number of aromatic nitrogens is 2. The molecule has 2 heterocycles. The standard InChI is InChI=1S/C9H9FN2/c1-2-6-4-11-8-3-7(10)5-12-9(6)8/h3-5,11H,2H2,1H3. The Morgan fingerprint density at radius 3 is 3.17 bits per heavy atom. The third-order valence-electron chi connectivity index (χ3n) is 1.94. The second-order valence-corrected chi connectivity index (χ2v) is 2.72. The van der Waals surface area contributed by atoms with Crippen LogP contribution in [-0.2, 0) is 6.42 Å². The second kappa shape index (κ2) is 2.59. The third kappa shape index (κ3) is 0.978. The summed E-state index contributed by atoms with van der Waals surface area (Å²) in [6, 6.07) is 1.46. The molecular weight excluding hydrogens is 155 g/mol. The first-order valence-electron chi connectivity index (χ1n) is 3.92. The van der Waals surface area contributed by atoms with Crippen LogP contribution in [0.5, 0.6) is 0 Å². The molecule has 0 aliphatic heterocycles. The number of fused-ring (bicyclic) bond motifs is 1. The predicted molar refractivity (Wildman–Crippen MR) is 45.4 cm³/mol. The Bertz CT molecular complexity index is 406. The molecule has 12 heavy (non-hydrogen) atoms. The molecule has 0 saturated heterocycles. The molecule has 0 fully saturated rings. The first-order valence-corrected chi connectivity index (χ1v) is 3.92. The van der Waals surface area contributed by atoms with E-state index in [0.717, 1.165) is 23.0 Å². The number of nitrogens with one attached hydrogen (secondary N) is 1. The van der Waals surface area contributed by atoms with E-state index >= 15 is 0 Å². The normalized spacial score (nSPS) is 10.8. The Kier molecular flexibility index (Phi) is 1.57. The van der Waals surface area contributed by atoms with Crippen LogP contribution >= 0.6 is 0 Å². The van der Waals surface area contributed by atoms with Gasteiger partial charge in [-0.15, -0.1) is 0 Å². The topological polar surface area (TPSA) is 28.7 Å². The number of hydrogen-bond donors (Lipinski definition) is 1. The Morgan fingerprint density at radius 1 is 1.58 bits per heavy atom. The maximum Gasteiger partial charge on any atom is 0.143 e. The SMILES string of the molecule is CCc1c[nH]c2cc(F)cnc12. The fourth-order valence-electron chi connectivity index (χ4n) is 1.31. The van der Waals surface area contributed by atoms with Crippen LogP contribution in [0.1, 0.15) is 12.5 Å². The second-order valence-electron chi connectivity index (χ2n) is 2.72. The fraction of sp³-hybridized carbons (Fsp3) is 0.222. The van der Waals surface area contributed by atoms with Crippen molar-refractivity contribution in [1.29, 1.82) is 0 Å². The van der Waals surface area contributed by atoms with Gasteiger partial charge in [0, 0.05) is 12.3 Å². The lowest BCUT2D eigenvalue weighted by Crippen LogP contribution is -1.81. The first kappa shape index (κ1) is 7.28. The predicted octanol–water partition coefficient (Wildman–Crippen LogP) is 2.26. The summed E-state index contributed by atoms with van der Waals surface area (Å²) in [4.78, 5) is 6.98. The third-order valence-corrected chi connectivity index (χ3v) is 1.94. The van der Waals surface area contributed by atoms with Crippen molar-refractivity contribution >= 4 is 11.0 Å². The Hall–Kier alpha value is -1.38. The smallest absolute Gasteiger partial charge is 0.143 e. The van der Waals surface area contributed by atoms with Crippen LogP contribution < -0.4 is 0 Å². The van der Waals surface area contributed by atoms with Crippen molar-refractivity contribution in [2.24, 2.45) is 0 Å². The van der Waals surface area contributed by atoms with Crippen LogP contribution in [0.4, 0.5) is 4.39 Å². The molecule has 62 valence electrons. The maximum atomic E-state index is 12.7. The molecule has 1 N–H and O–H groups in total. The Morgan fingerprint density at radius 2 is 2.42 bits per heavy atom. The molecule has 0 aliphatic carbocycles. The number of aromatic amines is 1. The quantitative estimate of drug-likeness (QED) is 0.688. The van der Waals surface area contributed by atoms with Gasteiger partial charge in [-0.2, -0.15) is 0 Å². The van der Waals surface area contributed by atoms with Crippen molar-refractivity contribution in [1.82, 2.24) is 9.97 Å². The van der Waals surface area contributed by atoms with Crippen molar-refractivity contribution in [2.75, 3.05) is 0 Å². The van der Waals surface area contributed by atoms with Crippen LogP contribution in [0.25, 0.3) is 11.0 Å². The largest absolute Gasteiger partial charge is 0.359 e. The molecule has 0 aromatic carbocycles. The highest BCUT2D eigenvalue weighted by atomic mass is 19.1. The molecule has 2 aromatic heterocycles. The van der Waals surface area contributed by atoms with Crippen molar-refractivity contribution in [2.45, 2.75) is 13.3 Å². The number of halogens is 1. The molecule has 2 rings (SSSR count). The van der Waals surface area contributed by atoms with Gasteiger partial charge in [-0.05, 0) is 12.0 Å². The van der Waals surface area contributed by atoms with Gasteiger partial charge < -0.3 is 4.98 Å². The number of hydrogen-bond acceptors (Lipinski definition) is 1. The summed E-state index contributed by atoms with van der Waals surface area (Å²) in [5.41, 5.74) is 2.77. The van der Waals surface area contributed by atoms with Crippen molar-refractivity contribution < 1.29 is 4.39 Å². The lowest BCUT2D eigenvalue weighted by Gasteiger charge is -1.91. The summed E-state index contributed by atoms with van der Waals surface area (Å²) in [6.07, 6.45) is 4.03. The van der Waals surface area contributed by atoms with Gasteiger partial charge in [0.15, 0.2) is 0 Å². The molecule has 0 unspecified atom stereocenters. The minimum atomic E-state index is -0.299. The summed E-state index contributed by atoms with van der Waals surface area (Å²) in [5, 5.41) is 0. The zero-order valence-corrected chi connectivity index (χ0v) is 6.76. The first-order chi connectivity index (χ1) is 5.81. The highest BCUT2D eigenvalue weighted by molar-refractivity contribution is 5.78. The number of pyridine rings is 1. The van der Waals surface area contributed by atoms with Crippen LogP contribution in [0.15, 0.2) is 18.5 Å². The van der Waals surface area contributed by atoms with Crippen molar-refractivity contribution in [3.8, 4) is 0 Å². The molecule has 0 amide bonds. The highest BCUT2D eigenvalue weighted by Crippen LogP contribution is 2.16. The molecule has 2 nitrogen and oxygen atoms in total. The fourth-order valence-corrected chi connectivity index (χ4v) is 1.31. The van der Waals surface area contributed by atoms with E-state index in [0.29, 0.717) is 0 Å². The molecule has 0 spiro atoms. The van der Waals surface area contributed by atoms with Gasteiger partial charge in [-0.1, -0.05) is 6.92 Å². The maximum absolute atomic E-state index is 12.7. The molecule has 0 saturated carbocycles. The Balaban J connectivity index is 2.73. The van der Waals surface area contributed by atoms with Crippen LogP contribution in [0.3, 0.4) is 0 Å². The Labute approximate surface area is 69.4 Å². The molecule has 0 atom stereocenters. The molecule has 2 aromatic rings. The molecular formula is C9H9FN2. The summed E-state index contributed by atoms with van der Waals surface area (Å²) in [5.74, 6) is -0.299. The molecule has 0 radical (unpaired) electrons. The van der Waals surface area contributed by atoms with Gasteiger partial charge in [0.1, 0.15) is 5.82 Å². The van der Waals surface area contributed by atoms with Gasteiger partial charge >= 0.3 is 0 Å². The summed E-state index contributed by atoms with van der Waals surface area (Å²) in [7, 11) is 0. The number of nitrogens with zero attached hydrogens (tertiary/aromatic N) is 1. The summed E-state index contributed by atoms with van der Waals surface area (Å²) >= 11 is 0. The molecule has 0 bridgehead atoms. The van der Waals surface area contributed by atoms with E-state index in [1.165, 1.54) is 12.3 Å². The van der Waals surface area contributed by atoms with Gasteiger partial charge in [0.2, 0.25) is 0 Å². The number of aryl methyl sites for hydroxylation is 1. The number of H-pyrrole nitrogens is 1. The number of rotatable bonds is 1. The van der Waals surface area contributed by atoms with Crippen LogP contribution in [-0.4, -0.2) is 9.97 Å². The zero-order chi connectivity index (χ0) is 8.55. The summed E-state index contributed by atoms with van der Waals surface area (Å²) < 4.78 is 12.7. The minimum absolute atomic E-state index is 0.299. The van der Waals surface area contributed by atoms with Gasteiger partial charge in [0.05, 0.1) is 17.2 Å². The van der Waals surface area contributed by atoms with E-state index in [1.807, 2.05) is 13.1 Å². The summed E-state index contributed by atoms with van der Waals surface area (Å²) in [6.45, 7) is 2.05. The van der Waals surface area contributed by atoms with Crippen LogP contribution in [0, 0.1) is 5.82 Å². The zero-order valence-electron chi connectivity index (χ0n) is 6.76. The van der Waals surface area contributed by atoms with E-state index in [-0.39, 0.29) is 5.82 Å². The molecule has 0 aliphatic rings. The lowest BCUT2D eigenvalue weighted by molar-refractivity contribution is 0.624. The van der Waals surface area contributed by atoms with Gasteiger partial charge in [-0.25, -0.2) is 4.39 Å². The average molecular weight is 164 g/mol. The van der Waals surface area contributed by atoms with E-state index in [1.54, 1.807) is 0 Å². The van der Waals surface area contributed by atoms with Gasteiger partial charge in [-0.3, -0.25) is 4.98 Å². The van der Waals surface area contributed by atoms with Crippen LogP contribution in [0.2, 0.25) is 0 Å². The monoisotopic (exact) mass is 164 g/mol. The highest BCUT2D eigenvalue weighted by Gasteiger charge is 2.03. The van der Waals surface area contributed by atoms with Crippen molar-refractivity contribution in [3.05, 3.63) is 29.8 Å². The lowest BCUT2D eigenvalue weighted by atomic mass is 10.2. The van der Waals surface area contributed by atoms with E-state index in [9.17, 15) is 4.39 Å². The van der Waals surface area contributed by atoms with Gasteiger partial charge in [0.25, 0.3) is 0 Å². The molecule has 3 heteroatoms. The average Bonchev–Trinajstić information content (AvgIpc) is 2.46. The van der Waals surface area contributed by atoms with E-state index < -0.39 is 0 Å². The minimum Gasteiger partial charge on any atom is -0.359 e. The van der Waals surface area contributed by atoms with E-state index in [4.69, 9.17) is 0 Å². The van der Waals surface area contributed by atoms with E-state index in [2.05, 4.69) is 9.97 Å². The van der Waals surface area contributed by atoms with Crippen molar-refractivity contribution in [3.63, 3.8) is 0 Å².